The van der Waals surface area contributed by atoms with E-state index in [1.165, 1.54) is 37.3 Å². The maximum Gasteiger partial charge on any atom is 0.337 e. The molecule has 0 aromatic heterocycles. The van der Waals surface area contributed by atoms with Gasteiger partial charge in [-0.15, -0.1) is 0 Å². The zero-order valence-corrected chi connectivity index (χ0v) is 18.7. The average molecular weight is 459 g/mol. The van der Waals surface area contributed by atoms with Crippen molar-refractivity contribution in [3.8, 4) is 0 Å². The zero-order chi connectivity index (χ0) is 23.7. The number of halogens is 1. The van der Waals surface area contributed by atoms with Gasteiger partial charge in [-0.3, -0.25) is 4.79 Å². The van der Waals surface area contributed by atoms with Gasteiger partial charge in [0.1, 0.15) is 6.04 Å². The van der Waals surface area contributed by atoms with E-state index in [1.54, 1.807) is 24.3 Å². The van der Waals surface area contributed by atoms with Crippen LogP contribution in [0.25, 0.3) is 10.4 Å². The van der Waals surface area contributed by atoms with E-state index in [9.17, 15) is 14.4 Å². The molecule has 0 aliphatic heterocycles. The average Bonchev–Trinajstić information content (AvgIpc) is 2.80. The fraction of sp³-hybridized carbons (Fsp3) is 0.318. The largest absolute Gasteiger partial charge is 0.467 e. The Labute approximate surface area is 190 Å². The number of hydrogen-bond donors (Lipinski definition) is 0. The molecule has 0 aliphatic rings. The van der Waals surface area contributed by atoms with Gasteiger partial charge in [-0.2, -0.15) is 0 Å². The highest BCUT2D eigenvalue weighted by Crippen LogP contribution is 2.28. The Hall–Kier alpha value is -3.55. The second kappa shape index (κ2) is 11.7. The fourth-order valence-electron chi connectivity index (χ4n) is 3.17. The third kappa shape index (κ3) is 6.00. The summed E-state index contributed by atoms with van der Waals surface area (Å²) in [7, 11) is 2.54. The number of nitrogens with zero attached hydrogens (tertiary/aromatic N) is 4. The van der Waals surface area contributed by atoms with Crippen molar-refractivity contribution in [1.82, 2.24) is 4.90 Å². The lowest BCUT2D eigenvalue weighted by Gasteiger charge is -2.30. The molecule has 9 nitrogen and oxygen atoms in total. The number of amides is 1. The highest BCUT2D eigenvalue weighted by molar-refractivity contribution is 6.31. The molecule has 0 spiro atoms. The van der Waals surface area contributed by atoms with Gasteiger partial charge in [0.2, 0.25) is 0 Å². The lowest BCUT2D eigenvalue weighted by molar-refractivity contribution is -0.146. The second-order valence-corrected chi connectivity index (χ2v) is 7.24. The summed E-state index contributed by atoms with van der Waals surface area (Å²) in [5.74, 6) is -1.57. The molecule has 2 aromatic carbocycles. The summed E-state index contributed by atoms with van der Waals surface area (Å²) in [6.45, 7) is 1.94. The minimum Gasteiger partial charge on any atom is -0.467 e. The molecule has 0 heterocycles. The summed E-state index contributed by atoms with van der Waals surface area (Å²) < 4.78 is 9.63. The van der Waals surface area contributed by atoms with Gasteiger partial charge >= 0.3 is 11.9 Å². The van der Waals surface area contributed by atoms with E-state index in [0.29, 0.717) is 29.0 Å². The van der Waals surface area contributed by atoms with Crippen LogP contribution in [-0.2, 0) is 20.8 Å². The number of benzene rings is 2. The third-order valence-electron chi connectivity index (χ3n) is 4.74. The Kier molecular flexibility index (Phi) is 9.07. The second-order valence-electron chi connectivity index (χ2n) is 6.80. The fourth-order valence-corrected chi connectivity index (χ4v) is 3.33. The Morgan fingerprint density at radius 3 is 2.38 bits per heavy atom. The molecule has 0 radical (unpaired) electrons. The highest BCUT2D eigenvalue weighted by Gasteiger charge is 2.31. The van der Waals surface area contributed by atoms with Gasteiger partial charge < -0.3 is 14.4 Å². The van der Waals surface area contributed by atoms with Crippen molar-refractivity contribution in [2.75, 3.05) is 14.2 Å². The number of hydrogen-bond acceptors (Lipinski definition) is 6. The molecular weight excluding hydrogens is 436 g/mol. The minimum absolute atomic E-state index is 0.0520. The maximum absolute atomic E-state index is 13.5. The number of esters is 2. The van der Waals surface area contributed by atoms with Crippen molar-refractivity contribution in [2.45, 2.75) is 32.4 Å². The topological polar surface area (TPSA) is 122 Å². The van der Waals surface area contributed by atoms with E-state index in [0.717, 1.165) is 0 Å². The number of carbonyl (C=O) groups excluding carboxylic acids is 3. The van der Waals surface area contributed by atoms with Crippen LogP contribution in [0.5, 0.6) is 0 Å². The van der Waals surface area contributed by atoms with Gasteiger partial charge in [-0.25, -0.2) is 9.59 Å². The van der Waals surface area contributed by atoms with Crippen LogP contribution < -0.4 is 0 Å². The lowest BCUT2D eigenvalue weighted by atomic mass is 10.0. The van der Waals surface area contributed by atoms with Crippen LogP contribution in [0.3, 0.4) is 0 Å². The van der Waals surface area contributed by atoms with Crippen molar-refractivity contribution in [1.29, 1.82) is 0 Å². The number of azide groups is 1. The Balaban J connectivity index is 2.51. The molecule has 0 bridgehead atoms. The molecule has 168 valence electrons. The maximum atomic E-state index is 13.5. The molecule has 1 atom stereocenters. The number of methoxy groups -OCH3 is 2. The van der Waals surface area contributed by atoms with Crippen molar-refractivity contribution in [2.24, 2.45) is 5.11 Å². The first-order chi connectivity index (χ1) is 15.4. The first-order valence-electron chi connectivity index (χ1n) is 9.76. The Morgan fingerprint density at radius 2 is 1.81 bits per heavy atom. The molecule has 10 heteroatoms. The lowest BCUT2D eigenvalue weighted by Crippen LogP contribution is -2.45. The first-order valence-corrected chi connectivity index (χ1v) is 10.1. The van der Waals surface area contributed by atoms with Crippen LogP contribution in [0, 0.1) is 0 Å². The molecule has 32 heavy (non-hydrogen) atoms. The molecule has 0 fully saturated rings. The standard InChI is InChI=1S/C22H23ClN4O5/c1-4-5-19(22(30)32-3)27(13-14-6-8-15(9-7-14)21(29)31-2)20(28)17-11-10-16(23)12-18(17)25-26-24/h6-12,19H,4-5,13H2,1-3H3/t19-/m1/s1. The summed E-state index contributed by atoms with van der Waals surface area (Å²) in [6, 6.07) is 9.95. The number of carbonyl (C=O) groups is 3. The molecule has 0 N–H and O–H groups in total. The third-order valence-corrected chi connectivity index (χ3v) is 4.98. The quantitative estimate of drug-likeness (QED) is 0.225. The van der Waals surface area contributed by atoms with Crippen LogP contribution in [-0.4, -0.2) is 43.0 Å². The van der Waals surface area contributed by atoms with Crippen molar-refractivity contribution in [3.05, 3.63) is 74.6 Å². The number of ether oxygens (including phenoxy) is 2. The van der Waals surface area contributed by atoms with E-state index in [1.807, 2.05) is 6.92 Å². The van der Waals surface area contributed by atoms with Gasteiger partial charge in [-0.1, -0.05) is 42.2 Å². The van der Waals surface area contributed by atoms with E-state index >= 15 is 0 Å². The molecule has 0 saturated heterocycles. The minimum atomic E-state index is -0.868. The van der Waals surface area contributed by atoms with Crippen molar-refractivity contribution < 1.29 is 23.9 Å². The molecule has 0 saturated carbocycles. The van der Waals surface area contributed by atoms with Crippen LogP contribution in [0.1, 0.15) is 46.0 Å². The SMILES string of the molecule is CCC[C@H](C(=O)OC)N(Cc1ccc(C(=O)OC)cc1)C(=O)c1ccc(Cl)cc1N=[N+]=[N-]. The summed E-state index contributed by atoms with van der Waals surface area (Å²) in [5, 5.41) is 3.87. The molecule has 2 aromatic rings. The van der Waals surface area contributed by atoms with Gasteiger partial charge in [0.25, 0.3) is 5.91 Å². The summed E-state index contributed by atoms with van der Waals surface area (Å²) >= 11 is 5.98. The van der Waals surface area contributed by atoms with Crippen LogP contribution in [0.4, 0.5) is 5.69 Å². The van der Waals surface area contributed by atoms with E-state index < -0.39 is 23.9 Å². The van der Waals surface area contributed by atoms with Gasteiger partial charge in [0, 0.05) is 22.0 Å². The molecule has 1 amide bonds. The van der Waals surface area contributed by atoms with Crippen molar-refractivity contribution in [3.63, 3.8) is 0 Å². The predicted molar refractivity (Wildman–Crippen MR) is 119 cm³/mol. The summed E-state index contributed by atoms with van der Waals surface area (Å²) in [4.78, 5) is 41.9. The van der Waals surface area contributed by atoms with Gasteiger partial charge in [0.05, 0.1) is 25.5 Å². The van der Waals surface area contributed by atoms with Gasteiger partial charge in [0.15, 0.2) is 0 Å². The highest BCUT2D eigenvalue weighted by atomic mass is 35.5. The number of rotatable bonds is 9. The van der Waals surface area contributed by atoms with E-state index in [2.05, 4.69) is 10.0 Å². The molecule has 0 unspecified atom stereocenters. The predicted octanol–water partition coefficient (Wildman–Crippen LogP) is 5.05. The van der Waals surface area contributed by atoms with E-state index in [-0.39, 0.29) is 17.8 Å². The monoisotopic (exact) mass is 458 g/mol. The van der Waals surface area contributed by atoms with Crippen LogP contribution >= 0.6 is 11.6 Å². The first kappa shape index (κ1) is 24.7. The summed E-state index contributed by atoms with van der Waals surface area (Å²) in [5.41, 5.74) is 10.1. The van der Waals surface area contributed by atoms with Crippen molar-refractivity contribution >= 4 is 35.1 Å². The normalized spacial score (nSPS) is 11.1. The molecular formula is C22H23ClN4O5. The van der Waals surface area contributed by atoms with Crippen LogP contribution in [0.15, 0.2) is 47.6 Å². The Morgan fingerprint density at radius 1 is 1.12 bits per heavy atom. The van der Waals surface area contributed by atoms with Crippen LogP contribution in [0.2, 0.25) is 5.02 Å². The smallest absolute Gasteiger partial charge is 0.337 e. The van der Waals surface area contributed by atoms with E-state index in [4.69, 9.17) is 26.6 Å². The Bertz CT molecular complexity index is 1040. The molecule has 0 aliphatic carbocycles. The summed E-state index contributed by atoms with van der Waals surface area (Å²) in [6.07, 6.45) is 0.984. The van der Waals surface area contributed by atoms with Gasteiger partial charge in [-0.05, 0) is 47.8 Å². The molecule has 2 rings (SSSR count). The zero-order valence-electron chi connectivity index (χ0n) is 17.9.